The van der Waals surface area contributed by atoms with Crippen molar-refractivity contribution < 1.29 is 13.2 Å². The molecule has 1 aromatic rings. The standard InChI is InChI=1S/C15H18N2O3S/c16-10-13-3-1-5-15(9-13)21(19,20)8-7-17-6-2-4-14(11-17)12-18/h1,3,5,9,12,14H,2,4,6-8,11H2. The molecule has 0 radical (unpaired) electrons. The molecule has 1 aromatic carbocycles. The van der Waals surface area contributed by atoms with Gasteiger partial charge in [-0.2, -0.15) is 5.26 Å². The highest BCUT2D eigenvalue weighted by atomic mass is 32.2. The van der Waals surface area contributed by atoms with Crippen molar-refractivity contribution >= 4 is 16.1 Å². The first-order valence-corrected chi connectivity index (χ1v) is 8.61. The van der Waals surface area contributed by atoms with Gasteiger partial charge in [0, 0.05) is 19.0 Å². The minimum absolute atomic E-state index is 0.00740. The maximum Gasteiger partial charge on any atom is 0.179 e. The van der Waals surface area contributed by atoms with Gasteiger partial charge in [0.2, 0.25) is 0 Å². The molecule has 1 fully saturated rings. The molecule has 6 heteroatoms. The Balaban J connectivity index is 2.01. The number of aldehydes is 1. The number of hydrogen-bond donors (Lipinski definition) is 0. The van der Waals surface area contributed by atoms with Gasteiger partial charge in [-0.1, -0.05) is 6.07 Å². The lowest BCUT2D eigenvalue weighted by molar-refractivity contribution is -0.112. The second-order valence-electron chi connectivity index (χ2n) is 5.30. The number of benzene rings is 1. The van der Waals surface area contributed by atoms with Crippen LogP contribution in [-0.4, -0.2) is 45.0 Å². The van der Waals surface area contributed by atoms with Crippen LogP contribution in [0.4, 0.5) is 0 Å². The van der Waals surface area contributed by atoms with E-state index in [0.717, 1.165) is 25.7 Å². The quantitative estimate of drug-likeness (QED) is 0.765. The Morgan fingerprint density at radius 2 is 2.24 bits per heavy atom. The lowest BCUT2D eigenvalue weighted by atomic mass is 10.00. The molecule has 21 heavy (non-hydrogen) atoms. The SMILES string of the molecule is N#Cc1cccc(S(=O)(=O)CCN2CCCC(C=O)C2)c1. The van der Waals surface area contributed by atoms with E-state index in [1.54, 1.807) is 12.1 Å². The summed E-state index contributed by atoms with van der Waals surface area (Å²) in [6.45, 7) is 1.89. The fraction of sp³-hybridized carbons (Fsp3) is 0.467. The summed E-state index contributed by atoms with van der Waals surface area (Å²) in [7, 11) is -3.40. The van der Waals surface area contributed by atoms with E-state index in [0.29, 0.717) is 18.7 Å². The highest BCUT2D eigenvalue weighted by molar-refractivity contribution is 7.91. The van der Waals surface area contributed by atoms with Crippen LogP contribution in [0.15, 0.2) is 29.2 Å². The number of carbonyl (C=O) groups excluding carboxylic acids is 1. The molecule has 0 amide bonds. The van der Waals surface area contributed by atoms with Gasteiger partial charge in [0.15, 0.2) is 9.84 Å². The Morgan fingerprint density at radius 3 is 2.95 bits per heavy atom. The molecule has 0 spiro atoms. The first-order valence-electron chi connectivity index (χ1n) is 6.96. The molecule has 1 saturated heterocycles. The monoisotopic (exact) mass is 306 g/mol. The summed E-state index contributed by atoms with van der Waals surface area (Å²) in [6.07, 6.45) is 2.77. The summed E-state index contributed by atoms with van der Waals surface area (Å²) in [4.78, 5) is 13.0. The Hall–Kier alpha value is -1.71. The molecule has 1 aliphatic rings. The molecule has 2 rings (SSSR count). The number of likely N-dealkylation sites (tertiary alicyclic amines) is 1. The number of piperidine rings is 1. The van der Waals surface area contributed by atoms with Crippen LogP contribution in [-0.2, 0) is 14.6 Å². The zero-order chi connectivity index (χ0) is 15.3. The van der Waals surface area contributed by atoms with E-state index in [-0.39, 0.29) is 16.6 Å². The van der Waals surface area contributed by atoms with E-state index in [4.69, 9.17) is 5.26 Å². The molecule has 0 bridgehead atoms. The summed E-state index contributed by atoms with van der Waals surface area (Å²) in [5, 5.41) is 8.83. The lowest BCUT2D eigenvalue weighted by Crippen LogP contribution is -2.38. The highest BCUT2D eigenvalue weighted by Crippen LogP contribution is 2.16. The molecule has 0 N–H and O–H groups in total. The number of carbonyl (C=O) groups is 1. The van der Waals surface area contributed by atoms with Crippen LogP contribution in [0.2, 0.25) is 0 Å². The predicted octanol–water partition coefficient (Wildman–Crippen LogP) is 1.24. The van der Waals surface area contributed by atoms with Gasteiger partial charge in [0.05, 0.1) is 22.3 Å². The Labute approximate surface area is 125 Å². The molecule has 1 aliphatic heterocycles. The zero-order valence-electron chi connectivity index (χ0n) is 11.7. The molecule has 0 aliphatic carbocycles. The fourth-order valence-corrected chi connectivity index (χ4v) is 3.86. The van der Waals surface area contributed by atoms with Crippen molar-refractivity contribution in [3.63, 3.8) is 0 Å². The van der Waals surface area contributed by atoms with Crippen molar-refractivity contribution in [3.8, 4) is 6.07 Å². The van der Waals surface area contributed by atoms with E-state index in [2.05, 4.69) is 0 Å². The van der Waals surface area contributed by atoms with Crippen LogP contribution >= 0.6 is 0 Å². The molecule has 1 unspecified atom stereocenters. The maximum atomic E-state index is 12.3. The van der Waals surface area contributed by atoms with Crippen LogP contribution in [0, 0.1) is 17.2 Å². The molecule has 112 valence electrons. The third kappa shape index (κ3) is 4.13. The fourth-order valence-electron chi connectivity index (χ4n) is 2.53. The van der Waals surface area contributed by atoms with Gasteiger partial charge in [0.1, 0.15) is 6.29 Å². The number of nitrogens with zero attached hydrogens (tertiary/aromatic N) is 2. The van der Waals surface area contributed by atoms with Crippen LogP contribution < -0.4 is 0 Å². The number of rotatable bonds is 5. The summed E-state index contributed by atoms with van der Waals surface area (Å²) in [6, 6.07) is 8.02. The largest absolute Gasteiger partial charge is 0.303 e. The molecule has 5 nitrogen and oxygen atoms in total. The van der Waals surface area contributed by atoms with Crippen molar-refractivity contribution in [1.82, 2.24) is 4.90 Å². The van der Waals surface area contributed by atoms with Crippen molar-refractivity contribution in [1.29, 1.82) is 5.26 Å². The van der Waals surface area contributed by atoms with E-state index < -0.39 is 9.84 Å². The topological polar surface area (TPSA) is 78.2 Å². The van der Waals surface area contributed by atoms with Gasteiger partial charge in [-0.15, -0.1) is 0 Å². The molecule has 1 heterocycles. The van der Waals surface area contributed by atoms with Crippen molar-refractivity contribution in [2.24, 2.45) is 5.92 Å². The minimum atomic E-state index is -3.40. The number of hydrogen-bond acceptors (Lipinski definition) is 5. The second-order valence-corrected chi connectivity index (χ2v) is 7.41. The van der Waals surface area contributed by atoms with Gasteiger partial charge >= 0.3 is 0 Å². The van der Waals surface area contributed by atoms with Crippen molar-refractivity contribution in [2.75, 3.05) is 25.4 Å². The van der Waals surface area contributed by atoms with E-state index in [9.17, 15) is 13.2 Å². The Morgan fingerprint density at radius 1 is 1.43 bits per heavy atom. The summed E-state index contributed by atoms with van der Waals surface area (Å²) >= 11 is 0. The summed E-state index contributed by atoms with van der Waals surface area (Å²) in [5.74, 6) is 0.0244. The summed E-state index contributed by atoms with van der Waals surface area (Å²) < 4.78 is 24.6. The average Bonchev–Trinajstić information content (AvgIpc) is 2.53. The van der Waals surface area contributed by atoms with Gasteiger partial charge in [-0.3, -0.25) is 0 Å². The van der Waals surface area contributed by atoms with Gasteiger partial charge in [-0.05, 0) is 37.6 Å². The van der Waals surface area contributed by atoms with Crippen LogP contribution in [0.25, 0.3) is 0 Å². The van der Waals surface area contributed by atoms with E-state index in [1.165, 1.54) is 12.1 Å². The predicted molar refractivity (Wildman–Crippen MR) is 78.4 cm³/mol. The van der Waals surface area contributed by atoms with Gasteiger partial charge < -0.3 is 9.69 Å². The molecule has 0 saturated carbocycles. The molecule has 0 aromatic heterocycles. The van der Waals surface area contributed by atoms with Gasteiger partial charge in [0.25, 0.3) is 0 Å². The van der Waals surface area contributed by atoms with Crippen LogP contribution in [0.5, 0.6) is 0 Å². The lowest BCUT2D eigenvalue weighted by Gasteiger charge is -2.29. The molecular formula is C15H18N2O3S. The first-order chi connectivity index (χ1) is 10.0. The van der Waals surface area contributed by atoms with E-state index >= 15 is 0 Å². The second kappa shape index (κ2) is 6.83. The van der Waals surface area contributed by atoms with Gasteiger partial charge in [-0.25, -0.2) is 8.42 Å². The Kier molecular flexibility index (Phi) is 5.10. The zero-order valence-corrected chi connectivity index (χ0v) is 12.6. The van der Waals surface area contributed by atoms with Crippen molar-refractivity contribution in [3.05, 3.63) is 29.8 Å². The average molecular weight is 306 g/mol. The maximum absolute atomic E-state index is 12.3. The first kappa shape index (κ1) is 15.7. The molecular weight excluding hydrogens is 288 g/mol. The summed E-state index contributed by atoms with van der Waals surface area (Å²) in [5.41, 5.74) is 0.343. The highest BCUT2D eigenvalue weighted by Gasteiger charge is 2.22. The normalized spacial score (nSPS) is 19.9. The van der Waals surface area contributed by atoms with Crippen molar-refractivity contribution in [2.45, 2.75) is 17.7 Å². The van der Waals surface area contributed by atoms with E-state index in [1.807, 2.05) is 11.0 Å². The number of nitriles is 1. The smallest absolute Gasteiger partial charge is 0.179 e. The number of sulfone groups is 1. The molecule has 1 atom stereocenters. The van der Waals surface area contributed by atoms with Crippen LogP contribution in [0.1, 0.15) is 18.4 Å². The third-order valence-electron chi connectivity index (χ3n) is 3.73. The third-order valence-corrected chi connectivity index (χ3v) is 5.43. The minimum Gasteiger partial charge on any atom is -0.303 e. The Bertz CT molecular complexity index is 649. The van der Waals surface area contributed by atoms with Crippen LogP contribution in [0.3, 0.4) is 0 Å².